The Bertz CT molecular complexity index is 374. The molecule has 0 atom stereocenters. The fourth-order valence-corrected chi connectivity index (χ4v) is 8.88. The van der Waals surface area contributed by atoms with Crippen molar-refractivity contribution in [3.05, 3.63) is 0 Å². The Balaban J connectivity index is 5.37. The molecule has 134 valence electrons. The van der Waals surface area contributed by atoms with Crippen LogP contribution in [-0.2, 0) is 4.79 Å². The maximum absolute atomic E-state index is 12.6. The number of rotatable bonds is 9. The normalized spacial score (nSPS) is 11.8. The lowest BCUT2D eigenvalue weighted by atomic mass is 10.2. The molecule has 0 saturated heterocycles. The molecular weight excluding hydrogens is 298 g/mol. The third-order valence-electron chi connectivity index (χ3n) is 5.10. The molecular formula is C20H39NOSi. The van der Waals surface area contributed by atoms with Gasteiger partial charge in [0.15, 0.2) is 0 Å². The van der Waals surface area contributed by atoms with Gasteiger partial charge >= 0.3 is 0 Å². The van der Waals surface area contributed by atoms with Crippen LogP contribution in [0.2, 0.25) is 16.6 Å². The van der Waals surface area contributed by atoms with Crippen molar-refractivity contribution in [2.24, 2.45) is 0 Å². The van der Waals surface area contributed by atoms with Crippen LogP contribution in [0, 0.1) is 11.5 Å². The quantitative estimate of drug-likeness (QED) is 0.394. The van der Waals surface area contributed by atoms with E-state index in [4.69, 9.17) is 0 Å². The van der Waals surface area contributed by atoms with Gasteiger partial charge in [-0.15, -0.1) is 5.54 Å². The van der Waals surface area contributed by atoms with E-state index in [1.807, 2.05) is 4.90 Å². The van der Waals surface area contributed by atoms with Crippen LogP contribution < -0.4 is 0 Å². The van der Waals surface area contributed by atoms with Crippen molar-refractivity contribution in [2.45, 2.75) is 97.7 Å². The predicted molar refractivity (Wildman–Crippen MR) is 105 cm³/mol. The standard InChI is InChI=1S/C20H39NOSi/c1-9-11-14-21(15-12-10-2)20(22)13-16-23(17(3)4,18(5)6)19(7)8/h17-19H,9-12,14-15H2,1-8H3. The van der Waals surface area contributed by atoms with Gasteiger partial charge in [-0.3, -0.25) is 4.79 Å². The zero-order chi connectivity index (χ0) is 18.0. The number of carbonyl (C=O) groups excluding carboxylic acids is 1. The molecule has 0 aromatic rings. The summed E-state index contributed by atoms with van der Waals surface area (Å²) in [6.07, 6.45) is 4.37. The number of carbonyl (C=O) groups is 1. The summed E-state index contributed by atoms with van der Waals surface area (Å²) in [6, 6.07) is 0. The summed E-state index contributed by atoms with van der Waals surface area (Å²) in [7, 11) is -1.81. The van der Waals surface area contributed by atoms with Crippen molar-refractivity contribution in [1.29, 1.82) is 0 Å². The molecule has 0 bridgehead atoms. The topological polar surface area (TPSA) is 20.3 Å². The zero-order valence-corrected chi connectivity index (χ0v) is 17.8. The van der Waals surface area contributed by atoms with Crippen molar-refractivity contribution in [3.8, 4) is 11.5 Å². The van der Waals surface area contributed by atoms with Crippen LogP contribution in [0.4, 0.5) is 0 Å². The van der Waals surface area contributed by atoms with E-state index in [0.29, 0.717) is 16.6 Å². The molecule has 0 spiro atoms. The monoisotopic (exact) mass is 337 g/mol. The summed E-state index contributed by atoms with van der Waals surface area (Å²) in [6.45, 7) is 19.8. The molecule has 0 saturated carbocycles. The molecule has 1 amide bonds. The minimum atomic E-state index is -1.81. The highest BCUT2D eigenvalue weighted by Crippen LogP contribution is 2.40. The van der Waals surface area contributed by atoms with E-state index in [1.165, 1.54) is 0 Å². The molecule has 0 aliphatic rings. The lowest BCUT2D eigenvalue weighted by Crippen LogP contribution is -2.43. The molecule has 0 aliphatic carbocycles. The average molecular weight is 338 g/mol. The van der Waals surface area contributed by atoms with Crippen LogP contribution in [-0.4, -0.2) is 32.0 Å². The SMILES string of the molecule is CCCCN(CCCC)C(=O)C#C[Si](C(C)C)(C(C)C)C(C)C. The van der Waals surface area contributed by atoms with E-state index < -0.39 is 8.07 Å². The van der Waals surface area contributed by atoms with Gasteiger partial charge in [0.25, 0.3) is 5.91 Å². The smallest absolute Gasteiger partial charge is 0.297 e. The van der Waals surface area contributed by atoms with Crippen molar-refractivity contribution in [3.63, 3.8) is 0 Å². The Labute approximate surface area is 146 Å². The van der Waals surface area contributed by atoms with Gasteiger partial charge in [0, 0.05) is 13.1 Å². The second kappa shape index (κ2) is 10.9. The molecule has 0 unspecified atom stereocenters. The zero-order valence-electron chi connectivity index (χ0n) is 16.8. The van der Waals surface area contributed by atoms with E-state index >= 15 is 0 Å². The van der Waals surface area contributed by atoms with Gasteiger partial charge in [-0.05, 0) is 35.4 Å². The van der Waals surface area contributed by atoms with E-state index in [9.17, 15) is 4.79 Å². The summed E-state index contributed by atoms with van der Waals surface area (Å²) < 4.78 is 0. The van der Waals surface area contributed by atoms with Gasteiger partial charge in [0.05, 0.1) is 0 Å². The highest BCUT2D eigenvalue weighted by Gasteiger charge is 2.41. The van der Waals surface area contributed by atoms with Crippen molar-refractivity contribution >= 4 is 14.0 Å². The molecule has 0 aromatic carbocycles. The summed E-state index contributed by atoms with van der Waals surface area (Å²) in [4.78, 5) is 14.6. The Hall–Kier alpha value is -0.753. The van der Waals surface area contributed by atoms with E-state index in [-0.39, 0.29) is 5.91 Å². The first-order valence-electron chi connectivity index (χ1n) is 9.55. The van der Waals surface area contributed by atoms with E-state index in [2.05, 4.69) is 66.9 Å². The fraction of sp³-hybridized carbons (Fsp3) is 0.850. The highest BCUT2D eigenvalue weighted by molar-refractivity contribution is 6.90. The van der Waals surface area contributed by atoms with Crippen LogP contribution in [0.25, 0.3) is 0 Å². The minimum Gasteiger partial charge on any atom is -0.332 e. The summed E-state index contributed by atoms with van der Waals surface area (Å²) in [5, 5.41) is 0. The molecule has 23 heavy (non-hydrogen) atoms. The lowest BCUT2D eigenvalue weighted by molar-refractivity contribution is -0.125. The molecule has 0 heterocycles. The molecule has 0 aliphatic heterocycles. The van der Waals surface area contributed by atoms with Gasteiger partial charge < -0.3 is 4.90 Å². The maximum atomic E-state index is 12.6. The Morgan fingerprint density at radius 3 is 1.57 bits per heavy atom. The second-order valence-electron chi connectivity index (χ2n) is 7.65. The van der Waals surface area contributed by atoms with Crippen molar-refractivity contribution in [2.75, 3.05) is 13.1 Å². The van der Waals surface area contributed by atoms with Crippen LogP contribution in [0.15, 0.2) is 0 Å². The summed E-state index contributed by atoms with van der Waals surface area (Å²) >= 11 is 0. The number of unbranched alkanes of at least 4 members (excludes halogenated alkanes) is 2. The van der Waals surface area contributed by atoms with Crippen LogP contribution in [0.1, 0.15) is 81.1 Å². The molecule has 0 rings (SSSR count). The third kappa shape index (κ3) is 6.34. The summed E-state index contributed by atoms with van der Waals surface area (Å²) in [5.41, 5.74) is 5.28. The summed E-state index contributed by atoms with van der Waals surface area (Å²) in [5.74, 6) is 3.13. The van der Waals surface area contributed by atoms with Crippen LogP contribution in [0.3, 0.4) is 0 Å². The largest absolute Gasteiger partial charge is 0.332 e. The molecule has 0 N–H and O–H groups in total. The Kier molecular flexibility index (Phi) is 10.6. The minimum absolute atomic E-state index is 0.0470. The second-order valence-corrected chi connectivity index (χ2v) is 13.2. The van der Waals surface area contributed by atoms with Crippen LogP contribution >= 0.6 is 0 Å². The number of hydrogen-bond acceptors (Lipinski definition) is 1. The molecule has 0 aromatic heterocycles. The number of amides is 1. The van der Waals surface area contributed by atoms with Crippen molar-refractivity contribution < 1.29 is 4.79 Å². The first-order valence-corrected chi connectivity index (χ1v) is 11.8. The Morgan fingerprint density at radius 2 is 1.26 bits per heavy atom. The molecule has 0 fully saturated rings. The maximum Gasteiger partial charge on any atom is 0.297 e. The first-order chi connectivity index (χ1) is 10.7. The van der Waals surface area contributed by atoms with Gasteiger partial charge in [-0.1, -0.05) is 68.2 Å². The molecule has 0 radical (unpaired) electrons. The molecule has 2 nitrogen and oxygen atoms in total. The number of hydrogen-bond donors (Lipinski definition) is 0. The first kappa shape index (κ1) is 22.2. The van der Waals surface area contributed by atoms with Crippen molar-refractivity contribution in [1.82, 2.24) is 4.90 Å². The fourth-order valence-electron chi connectivity index (χ4n) is 3.69. The van der Waals surface area contributed by atoms with Gasteiger partial charge in [0.2, 0.25) is 0 Å². The predicted octanol–water partition coefficient (Wildman–Crippen LogP) is 5.64. The number of nitrogens with zero attached hydrogens (tertiary/aromatic N) is 1. The third-order valence-corrected chi connectivity index (χ3v) is 11.4. The van der Waals surface area contributed by atoms with Gasteiger partial charge in [0.1, 0.15) is 8.07 Å². The lowest BCUT2D eigenvalue weighted by Gasteiger charge is -2.38. The molecule has 3 heteroatoms. The van der Waals surface area contributed by atoms with E-state index in [1.54, 1.807) is 0 Å². The van der Waals surface area contributed by atoms with Crippen LogP contribution in [0.5, 0.6) is 0 Å². The van der Waals surface area contributed by atoms with Gasteiger partial charge in [-0.25, -0.2) is 0 Å². The Morgan fingerprint density at radius 1 is 0.870 bits per heavy atom. The van der Waals surface area contributed by atoms with Gasteiger partial charge in [-0.2, -0.15) is 0 Å². The highest BCUT2D eigenvalue weighted by atomic mass is 28.3. The average Bonchev–Trinajstić information content (AvgIpc) is 2.46. The van der Waals surface area contributed by atoms with E-state index in [0.717, 1.165) is 38.8 Å².